The van der Waals surface area contributed by atoms with E-state index in [0.29, 0.717) is 10.6 Å². The highest BCUT2D eigenvalue weighted by Gasteiger charge is 2.06. The molecule has 0 aliphatic rings. The van der Waals surface area contributed by atoms with Gasteiger partial charge in [-0.1, -0.05) is 42.5 Å². The first-order valence-electron chi connectivity index (χ1n) is 6.27. The number of aromatic amines is 1. The number of aromatic nitrogens is 3. The van der Waals surface area contributed by atoms with Crippen LogP contribution < -0.4 is 0 Å². The smallest absolute Gasteiger partial charge is 0.216 e. The zero-order chi connectivity index (χ0) is 14.7. The van der Waals surface area contributed by atoms with Crippen molar-refractivity contribution in [3.05, 3.63) is 68.5 Å². The van der Waals surface area contributed by atoms with E-state index in [1.807, 2.05) is 48.5 Å². The average molecular weight is 406 g/mol. The van der Waals surface area contributed by atoms with Crippen LogP contribution in [0.15, 0.2) is 59.7 Å². The van der Waals surface area contributed by atoms with E-state index in [4.69, 9.17) is 12.2 Å². The number of hydrogen-bond donors (Lipinski definition) is 1. The van der Waals surface area contributed by atoms with Gasteiger partial charge in [0.05, 0.1) is 6.21 Å². The molecule has 0 saturated heterocycles. The van der Waals surface area contributed by atoms with E-state index in [2.05, 4.69) is 44.0 Å². The van der Waals surface area contributed by atoms with Gasteiger partial charge in [-0.2, -0.15) is 14.9 Å². The van der Waals surface area contributed by atoms with Crippen molar-refractivity contribution in [3.8, 4) is 11.4 Å². The number of nitrogens with zero attached hydrogens (tertiary/aromatic N) is 3. The van der Waals surface area contributed by atoms with Crippen molar-refractivity contribution in [1.82, 2.24) is 14.9 Å². The number of nitrogens with one attached hydrogen (secondary N) is 1. The van der Waals surface area contributed by atoms with Crippen LogP contribution in [0.5, 0.6) is 0 Å². The molecule has 1 N–H and O–H groups in total. The van der Waals surface area contributed by atoms with Crippen LogP contribution in [-0.2, 0) is 0 Å². The van der Waals surface area contributed by atoms with E-state index < -0.39 is 0 Å². The maximum absolute atomic E-state index is 5.24. The molecule has 0 atom stereocenters. The van der Waals surface area contributed by atoms with E-state index in [1.54, 1.807) is 10.9 Å². The van der Waals surface area contributed by atoms with Crippen molar-refractivity contribution in [1.29, 1.82) is 0 Å². The Bertz CT molecular complexity index is 836. The lowest BCUT2D eigenvalue weighted by Crippen LogP contribution is -1.95. The van der Waals surface area contributed by atoms with E-state index in [0.717, 1.165) is 14.7 Å². The topological polar surface area (TPSA) is 46.0 Å². The Labute approximate surface area is 140 Å². The average Bonchev–Trinajstić information content (AvgIpc) is 2.87. The predicted octanol–water partition coefficient (Wildman–Crippen LogP) is 4.09. The van der Waals surface area contributed by atoms with Crippen LogP contribution in [0.4, 0.5) is 0 Å². The molecular weight excluding hydrogens is 395 g/mol. The van der Waals surface area contributed by atoms with Gasteiger partial charge in [0.2, 0.25) is 4.77 Å². The molecular formula is C15H11IN4S. The Hall–Kier alpha value is -1.80. The van der Waals surface area contributed by atoms with Gasteiger partial charge in [-0.25, -0.2) is 5.10 Å². The second-order valence-corrected chi connectivity index (χ2v) is 5.96. The van der Waals surface area contributed by atoms with E-state index in [-0.39, 0.29) is 0 Å². The van der Waals surface area contributed by atoms with Crippen LogP contribution in [0.25, 0.3) is 11.4 Å². The standard InChI is InChI=1S/C15H11IN4S/c16-13-8-4-5-11(9-13)10-17-20-14(18-19-15(20)21)12-6-2-1-3-7-12/h1-10H,(H,19,21)/b17-10-. The van der Waals surface area contributed by atoms with Gasteiger partial charge in [0, 0.05) is 9.13 Å². The number of benzene rings is 2. The maximum atomic E-state index is 5.24. The number of H-pyrrole nitrogens is 1. The summed E-state index contributed by atoms with van der Waals surface area (Å²) in [7, 11) is 0. The molecule has 3 rings (SSSR count). The molecule has 0 aliphatic carbocycles. The summed E-state index contributed by atoms with van der Waals surface area (Å²) in [5, 5.41) is 11.5. The first-order chi connectivity index (χ1) is 10.2. The first-order valence-corrected chi connectivity index (χ1v) is 7.75. The Morgan fingerprint density at radius 3 is 2.71 bits per heavy atom. The highest BCUT2D eigenvalue weighted by molar-refractivity contribution is 14.1. The van der Waals surface area contributed by atoms with Crippen molar-refractivity contribution in [2.45, 2.75) is 0 Å². The maximum Gasteiger partial charge on any atom is 0.216 e. The summed E-state index contributed by atoms with van der Waals surface area (Å²) >= 11 is 7.52. The van der Waals surface area contributed by atoms with Crippen molar-refractivity contribution in [2.75, 3.05) is 0 Å². The van der Waals surface area contributed by atoms with Gasteiger partial charge < -0.3 is 0 Å². The predicted molar refractivity (Wildman–Crippen MR) is 95.0 cm³/mol. The molecule has 0 spiro atoms. The van der Waals surface area contributed by atoms with Gasteiger partial charge in [-0.15, -0.1) is 0 Å². The van der Waals surface area contributed by atoms with E-state index in [1.165, 1.54) is 0 Å². The van der Waals surface area contributed by atoms with Gasteiger partial charge in [0.25, 0.3) is 0 Å². The minimum atomic E-state index is 0.468. The zero-order valence-corrected chi connectivity index (χ0v) is 13.9. The van der Waals surface area contributed by atoms with E-state index in [9.17, 15) is 0 Å². The van der Waals surface area contributed by atoms with Gasteiger partial charge in [-0.3, -0.25) is 0 Å². The fourth-order valence-corrected chi connectivity index (χ4v) is 2.63. The van der Waals surface area contributed by atoms with Gasteiger partial charge >= 0.3 is 0 Å². The Balaban J connectivity index is 2.00. The summed E-state index contributed by atoms with van der Waals surface area (Å²) in [6, 6.07) is 17.9. The third-order valence-electron chi connectivity index (χ3n) is 2.85. The highest BCUT2D eigenvalue weighted by Crippen LogP contribution is 2.16. The molecule has 3 aromatic rings. The van der Waals surface area contributed by atoms with Gasteiger partial charge in [0.1, 0.15) is 0 Å². The summed E-state index contributed by atoms with van der Waals surface area (Å²) < 4.78 is 3.26. The van der Waals surface area contributed by atoms with Crippen molar-refractivity contribution >= 4 is 41.0 Å². The zero-order valence-electron chi connectivity index (χ0n) is 10.9. The molecule has 0 saturated carbocycles. The molecule has 21 heavy (non-hydrogen) atoms. The molecule has 0 amide bonds. The summed E-state index contributed by atoms with van der Waals surface area (Å²) in [6.45, 7) is 0. The van der Waals surface area contributed by atoms with Crippen LogP contribution in [0.1, 0.15) is 5.56 Å². The fourth-order valence-electron chi connectivity index (χ4n) is 1.88. The van der Waals surface area contributed by atoms with Gasteiger partial charge in [-0.05, 0) is 52.5 Å². The molecule has 1 aromatic heterocycles. The SMILES string of the molecule is S=c1[nH]nc(-c2ccccc2)n1/N=C\c1cccc(I)c1. The Morgan fingerprint density at radius 2 is 1.95 bits per heavy atom. The molecule has 0 radical (unpaired) electrons. The molecule has 0 bridgehead atoms. The molecule has 1 heterocycles. The molecule has 0 unspecified atom stereocenters. The second-order valence-electron chi connectivity index (χ2n) is 4.33. The van der Waals surface area contributed by atoms with E-state index >= 15 is 0 Å². The fraction of sp³-hybridized carbons (Fsp3) is 0. The number of halogens is 1. The lowest BCUT2D eigenvalue weighted by Gasteiger charge is -2.00. The lowest BCUT2D eigenvalue weighted by atomic mass is 10.2. The van der Waals surface area contributed by atoms with Crippen molar-refractivity contribution < 1.29 is 0 Å². The Kier molecular flexibility index (Phi) is 4.26. The van der Waals surface area contributed by atoms with Crippen LogP contribution in [-0.4, -0.2) is 21.1 Å². The first kappa shape index (κ1) is 14.2. The largest absolute Gasteiger partial charge is 0.250 e. The monoisotopic (exact) mass is 406 g/mol. The second kappa shape index (κ2) is 6.31. The van der Waals surface area contributed by atoms with Crippen molar-refractivity contribution in [2.24, 2.45) is 5.10 Å². The van der Waals surface area contributed by atoms with Crippen molar-refractivity contribution in [3.63, 3.8) is 0 Å². The van der Waals surface area contributed by atoms with Crippen LogP contribution in [0.2, 0.25) is 0 Å². The molecule has 0 aliphatic heterocycles. The summed E-state index contributed by atoms with van der Waals surface area (Å²) in [5.41, 5.74) is 1.98. The summed E-state index contributed by atoms with van der Waals surface area (Å²) in [6.07, 6.45) is 1.78. The molecule has 104 valence electrons. The van der Waals surface area contributed by atoms with Crippen LogP contribution in [0.3, 0.4) is 0 Å². The third kappa shape index (κ3) is 3.27. The van der Waals surface area contributed by atoms with Gasteiger partial charge in [0.15, 0.2) is 5.82 Å². The molecule has 6 heteroatoms. The normalized spacial score (nSPS) is 11.1. The third-order valence-corrected chi connectivity index (χ3v) is 3.79. The summed E-state index contributed by atoms with van der Waals surface area (Å²) in [4.78, 5) is 0. The lowest BCUT2D eigenvalue weighted by molar-refractivity contribution is 0.871. The highest BCUT2D eigenvalue weighted by atomic mass is 127. The Morgan fingerprint density at radius 1 is 1.14 bits per heavy atom. The molecule has 2 aromatic carbocycles. The minimum Gasteiger partial charge on any atom is -0.250 e. The van der Waals surface area contributed by atoms with Crippen LogP contribution >= 0.6 is 34.8 Å². The quantitative estimate of drug-likeness (QED) is 0.405. The summed E-state index contributed by atoms with van der Waals surface area (Å²) in [5.74, 6) is 0.697. The number of hydrogen-bond acceptors (Lipinski definition) is 3. The number of rotatable bonds is 3. The minimum absolute atomic E-state index is 0.468. The van der Waals surface area contributed by atoms with Crippen LogP contribution in [0, 0.1) is 8.34 Å². The molecule has 0 fully saturated rings. The molecule has 4 nitrogen and oxygen atoms in total.